The van der Waals surface area contributed by atoms with Crippen molar-refractivity contribution in [1.82, 2.24) is 4.98 Å². The Labute approximate surface area is 129 Å². The maximum Gasteiger partial charge on any atom is 0.0954 e. The van der Waals surface area contributed by atoms with Crippen molar-refractivity contribution in [3.63, 3.8) is 0 Å². The fourth-order valence-electron chi connectivity index (χ4n) is 1.92. The molecule has 4 heteroatoms. The zero-order valence-electron chi connectivity index (χ0n) is 12.1. The molecule has 2 nitrogen and oxygen atoms in total. The molecule has 0 amide bonds. The van der Waals surface area contributed by atoms with E-state index in [0.717, 1.165) is 21.3 Å². The van der Waals surface area contributed by atoms with Gasteiger partial charge in [0.1, 0.15) is 0 Å². The molecule has 1 aromatic heterocycles. The van der Waals surface area contributed by atoms with Crippen LogP contribution in [0.25, 0.3) is 0 Å². The summed E-state index contributed by atoms with van der Waals surface area (Å²) in [6, 6.07) is 7.61. The highest BCUT2D eigenvalue weighted by molar-refractivity contribution is 7.09. The van der Waals surface area contributed by atoms with Crippen molar-refractivity contribution in [1.29, 1.82) is 0 Å². The molecule has 1 heterocycles. The molecule has 0 fully saturated rings. The Morgan fingerprint density at radius 1 is 1.20 bits per heavy atom. The fourth-order valence-corrected chi connectivity index (χ4v) is 3.14. The molecule has 1 aromatic carbocycles. The molecule has 0 aliphatic heterocycles. The van der Waals surface area contributed by atoms with Crippen molar-refractivity contribution >= 4 is 22.9 Å². The van der Waals surface area contributed by atoms with Gasteiger partial charge in [-0.2, -0.15) is 0 Å². The number of halogens is 1. The van der Waals surface area contributed by atoms with Crippen molar-refractivity contribution in [2.75, 3.05) is 0 Å². The highest BCUT2D eigenvalue weighted by Crippen LogP contribution is 2.24. The highest BCUT2D eigenvalue weighted by Gasteiger charge is 2.18. The van der Waals surface area contributed by atoms with Gasteiger partial charge >= 0.3 is 0 Å². The second kappa shape index (κ2) is 6.25. The summed E-state index contributed by atoms with van der Waals surface area (Å²) in [7, 11) is 0. The average Bonchev–Trinajstić information content (AvgIpc) is 2.80. The van der Waals surface area contributed by atoms with Crippen LogP contribution in [0.4, 0.5) is 0 Å². The van der Waals surface area contributed by atoms with Gasteiger partial charge in [-0.05, 0) is 24.1 Å². The van der Waals surface area contributed by atoms with Gasteiger partial charge in [-0.3, -0.25) is 0 Å². The Kier molecular flexibility index (Phi) is 4.84. The molecule has 2 aromatic rings. The smallest absolute Gasteiger partial charge is 0.0954 e. The summed E-state index contributed by atoms with van der Waals surface area (Å²) in [5.41, 5.74) is 2.25. The summed E-state index contributed by atoms with van der Waals surface area (Å²) < 4.78 is 0. The normalized spacial score (nSPS) is 13.4. The summed E-state index contributed by atoms with van der Waals surface area (Å²) in [6.45, 7) is 6.45. The molecule has 0 aliphatic rings. The molecule has 0 radical (unpaired) electrons. The minimum atomic E-state index is -0.407. The Bertz CT molecular complexity index is 557. The number of aromatic nitrogens is 1. The first-order chi connectivity index (χ1) is 9.34. The molecule has 0 aliphatic carbocycles. The number of rotatable bonds is 4. The number of benzene rings is 1. The van der Waals surface area contributed by atoms with E-state index in [1.165, 1.54) is 0 Å². The van der Waals surface area contributed by atoms with Crippen molar-refractivity contribution in [2.24, 2.45) is 0 Å². The molecule has 1 atom stereocenters. The fraction of sp³-hybridized carbons (Fsp3) is 0.438. The van der Waals surface area contributed by atoms with E-state index >= 15 is 0 Å². The number of hydrogen-bond acceptors (Lipinski definition) is 3. The predicted molar refractivity (Wildman–Crippen MR) is 85.7 cm³/mol. The van der Waals surface area contributed by atoms with E-state index in [-0.39, 0.29) is 5.41 Å². The van der Waals surface area contributed by atoms with E-state index in [2.05, 4.69) is 31.1 Å². The van der Waals surface area contributed by atoms with Crippen LogP contribution < -0.4 is 0 Å². The van der Waals surface area contributed by atoms with E-state index < -0.39 is 6.10 Å². The molecular weight excluding hydrogens is 290 g/mol. The summed E-state index contributed by atoms with van der Waals surface area (Å²) in [5.74, 6) is 0. The minimum absolute atomic E-state index is 0.0654. The lowest BCUT2D eigenvalue weighted by atomic mass is 9.93. The Morgan fingerprint density at radius 2 is 1.85 bits per heavy atom. The summed E-state index contributed by atoms with van der Waals surface area (Å²) in [6.07, 6.45) is 0.820. The van der Waals surface area contributed by atoms with Crippen LogP contribution >= 0.6 is 22.9 Å². The van der Waals surface area contributed by atoms with E-state index in [4.69, 9.17) is 11.6 Å². The van der Waals surface area contributed by atoms with Crippen molar-refractivity contribution in [3.05, 3.63) is 50.9 Å². The van der Waals surface area contributed by atoms with Crippen molar-refractivity contribution < 1.29 is 5.11 Å². The third-order valence-corrected chi connectivity index (χ3v) is 4.24. The second-order valence-electron chi connectivity index (χ2n) is 6.07. The van der Waals surface area contributed by atoms with Crippen LogP contribution in [0.2, 0.25) is 5.02 Å². The number of nitrogens with zero attached hydrogens (tertiary/aromatic N) is 1. The molecule has 108 valence electrons. The van der Waals surface area contributed by atoms with Crippen molar-refractivity contribution in [2.45, 2.75) is 45.1 Å². The molecule has 0 spiro atoms. The first-order valence-corrected chi connectivity index (χ1v) is 7.98. The average molecular weight is 310 g/mol. The number of thiazole rings is 1. The summed E-state index contributed by atoms with van der Waals surface area (Å²) >= 11 is 7.48. The summed E-state index contributed by atoms with van der Waals surface area (Å²) in [5, 5.41) is 14.0. The molecule has 1 N–H and O–H groups in total. The number of aliphatic hydroxyl groups is 1. The first kappa shape index (κ1) is 15.5. The first-order valence-electron chi connectivity index (χ1n) is 6.72. The molecule has 0 bridgehead atoms. The molecular formula is C16H20ClNOS. The van der Waals surface area contributed by atoms with Gasteiger partial charge in [0.05, 0.1) is 16.8 Å². The van der Waals surface area contributed by atoms with E-state index in [1.807, 2.05) is 24.3 Å². The highest BCUT2D eigenvalue weighted by atomic mass is 35.5. The third-order valence-electron chi connectivity index (χ3n) is 3.11. The largest absolute Gasteiger partial charge is 0.392 e. The van der Waals surface area contributed by atoms with Gasteiger partial charge in [0.15, 0.2) is 0 Å². The Morgan fingerprint density at radius 3 is 2.40 bits per heavy atom. The van der Waals surface area contributed by atoms with Gasteiger partial charge in [-0.15, -0.1) is 11.3 Å². The lowest BCUT2D eigenvalue weighted by Crippen LogP contribution is -2.15. The molecule has 2 rings (SSSR count). The van der Waals surface area contributed by atoms with Crippen LogP contribution in [-0.2, 0) is 18.3 Å². The third kappa shape index (κ3) is 4.30. The molecule has 0 saturated heterocycles. The lowest BCUT2D eigenvalue weighted by molar-refractivity contribution is 0.175. The zero-order valence-corrected chi connectivity index (χ0v) is 13.6. The van der Waals surface area contributed by atoms with E-state index in [0.29, 0.717) is 12.8 Å². The summed E-state index contributed by atoms with van der Waals surface area (Å²) in [4.78, 5) is 4.61. The Balaban J connectivity index is 1.96. The van der Waals surface area contributed by atoms with Crippen LogP contribution in [-0.4, -0.2) is 16.2 Å². The van der Waals surface area contributed by atoms with Gasteiger partial charge in [-0.25, -0.2) is 4.98 Å². The quantitative estimate of drug-likeness (QED) is 0.916. The standard InChI is InChI=1S/C16H20ClNOS/c1-16(2,3)14-10-20-15(18-14)9-13(19)8-11-4-6-12(17)7-5-11/h4-7,10,13,19H,8-9H2,1-3H3. The van der Waals surface area contributed by atoms with Gasteiger partial charge in [-0.1, -0.05) is 44.5 Å². The monoisotopic (exact) mass is 309 g/mol. The van der Waals surface area contributed by atoms with E-state index in [9.17, 15) is 5.11 Å². The van der Waals surface area contributed by atoms with Gasteiger partial charge in [0.25, 0.3) is 0 Å². The van der Waals surface area contributed by atoms with Crippen LogP contribution in [0.15, 0.2) is 29.6 Å². The topological polar surface area (TPSA) is 33.1 Å². The Hall–Kier alpha value is -0.900. The number of aliphatic hydroxyl groups excluding tert-OH is 1. The number of hydrogen-bond donors (Lipinski definition) is 1. The maximum atomic E-state index is 10.2. The molecule has 20 heavy (non-hydrogen) atoms. The van der Waals surface area contributed by atoms with Crippen LogP contribution in [0.3, 0.4) is 0 Å². The van der Waals surface area contributed by atoms with Crippen LogP contribution in [0.1, 0.15) is 37.0 Å². The van der Waals surface area contributed by atoms with Crippen LogP contribution in [0.5, 0.6) is 0 Å². The zero-order chi connectivity index (χ0) is 14.8. The molecule has 1 unspecified atom stereocenters. The lowest BCUT2D eigenvalue weighted by Gasteiger charge is -2.14. The predicted octanol–water partition coefficient (Wildman–Crippen LogP) is 4.24. The van der Waals surface area contributed by atoms with Crippen LogP contribution in [0, 0.1) is 0 Å². The van der Waals surface area contributed by atoms with Crippen molar-refractivity contribution in [3.8, 4) is 0 Å². The van der Waals surface area contributed by atoms with Gasteiger partial charge in [0.2, 0.25) is 0 Å². The maximum absolute atomic E-state index is 10.2. The van der Waals surface area contributed by atoms with E-state index in [1.54, 1.807) is 11.3 Å². The molecule has 0 saturated carbocycles. The van der Waals surface area contributed by atoms with Gasteiger partial charge < -0.3 is 5.11 Å². The second-order valence-corrected chi connectivity index (χ2v) is 7.44. The minimum Gasteiger partial charge on any atom is -0.392 e. The van der Waals surface area contributed by atoms with Gasteiger partial charge in [0, 0.05) is 22.2 Å². The SMILES string of the molecule is CC(C)(C)c1csc(CC(O)Cc2ccc(Cl)cc2)n1.